The van der Waals surface area contributed by atoms with Crippen molar-refractivity contribution in [2.75, 3.05) is 43.0 Å². The summed E-state index contributed by atoms with van der Waals surface area (Å²) in [7, 11) is 5.08. The standard InChI is InChI=1S/C15H23N3O4/c1-11(15(20)22-4)7-8-18(10-19)14-9-12(16-21)5-6-13(14)17(2)3/h5-6,9-11,16,21H,7-8H2,1-4H3. The zero-order valence-corrected chi connectivity index (χ0v) is 13.4. The zero-order chi connectivity index (χ0) is 16.7. The van der Waals surface area contributed by atoms with E-state index in [9.17, 15) is 9.59 Å². The van der Waals surface area contributed by atoms with E-state index in [1.165, 1.54) is 12.0 Å². The summed E-state index contributed by atoms with van der Waals surface area (Å²) in [4.78, 5) is 26.3. The largest absolute Gasteiger partial charge is 0.469 e. The van der Waals surface area contributed by atoms with Crippen LogP contribution in [0.3, 0.4) is 0 Å². The van der Waals surface area contributed by atoms with Crippen molar-refractivity contribution in [3.8, 4) is 0 Å². The van der Waals surface area contributed by atoms with E-state index < -0.39 is 0 Å². The maximum atomic E-state index is 11.4. The first-order valence-electron chi connectivity index (χ1n) is 6.95. The number of methoxy groups -OCH3 is 1. The molecule has 0 aliphatic carbocycles. The molecule has 0 radical (unpaired) electrons. The fourth-order valence-corrected chi connectivity index (χ4v) is 2.08. The highest BCUT2D eigenvalue weighted by molar-refractivity contribution is 5.86. The van der Waals surface area contributed by atoms with Crippen LogP contribution in [0, 0.1) is 5.92 Å². The first-order chi connectivity index (χ1) is 10.4. The molecule has 22 heavy (non-hydrogen) atoms. The summed E-state index contributed by atoms with van der Waals surface area (Å²) < 4.78 is 4.69. The van der Waals surface area contributed by atoms with E-state index >= 15 is 0 Å². The van der Waals surface area contributed by atoms with Crippen molar-refractivity contribution < 1.29 is 19.5 Å². The van der Waals surface area contributed by atoms with Crippen LogP contribution in [-0.2, 0) is 14.3 Å². The van der Waals surface area contributed by atoms with Crippen LogP contribution in [0.5, 0.6) is 0 Å². The summed E-state index contributed by atoms with van der Waals surface area (Å²) in [6.45, 7) is 2.13. The molecule has 7 heteroatoms. The van der Waals surface area contributed by atoms with Gasteiger partial charge in [-0.1, -0.05) is 6.92 Å². The third kappa shape index (κ3) is 4.36. The second-order valence-corrected chi connectivity index (χ2v) is 5.22. The third-order valence-corrected chi connectivity index (χ3v) is 3.43. The van der Waals surface area contributed by atoms with Crippen molar-refractivity contribution in [2.24, 2.45) is 5.92 Å². The molecule has 0 bridgehead atoms. The van der Waals surface area contributed by atoms with Gasteiger partial charge in [-0.2, -0.15) is 0 Å². The summed E-state index contributed by atoms with van der Waals surface area (Å²) in [6.07, 6.45) is 1.20. The van der Waals surface area contributed by atoms with Crippen molar-refractivity contribution in [2.45, 2.75) is 13.3 Å². The number of anilines is 3. The molecule has 0 saturated carbocycles. The van der Waals surface area contributed by atoms with Crippen LogP contribution in [0.1, 0.15) is 13.3 Å². The Bertz CT molecular complexity index is 520. The van der Waals surface area contributed by atoms with Gasteiger partial charge in [0.1, 0.15) is 0 Å². The van der Waals surface area contributed by atoms with Crippen LogP contribution in [0.4, 0.5) is 17.1 Å². The lowest BCUT2D eigenvalue weighted by molar-refractivity contribution is -0.145. The SMILES string of the molecule is COC(=O)C(C)CCN(C=O)c1cc(NO)ccc1N(C)C. The van der Waals surface area contributed by atoms with Gasteiger partial charge < -0.3 is 14.5 Å². The second kappa shape index (κ2) is 8.23. The van der Waals surface area contributed by atoms with Gasteiger partial charge in [-0.15, -0.1) is 0 Å². The Kier molecular flexibility index (Phi) is 6.65. The van der Waals surface area contributed by atoms with E-state index in [1.54, 1.807) is 25.1 Å². The average Bonchev–Trinajstić information content (AvgIpc) is 2.53. The molecule has 1 aromatic rings. The van der Waals surface area contributed by atoms with Crippen LogP contribution in [0.2, 0.25) is 0 Å². The summed E-state index contributed by atoms with van der Waals surface area (Å²) >= 11 is 0. The first kappa shape index (κ1) is 17.8. The number of carbonyl (C=O) groups is 2. The van der Waals surface area contributed by atoms with Gasteiger partial charge in [0.2, 0.25) is 6.41 Å². The van der Waals surface area contributed by atoms with Gasteiger partial charge in [-0.25, -0.2) is 0 Å². The summed E-state index contributed by atoms with van der Waals surface area (Å²) in [5.74, 6) is -0.598. The minimum atomic E-state index is -0.301. The first-order valence-corrected chi connectivity index (χ1v) is 6.95. The van der Waals surface area contributed by atoms with Crippen LogP contribution in [0.15, 0.2) is 18.2 Å². The average molecular weight is 309 g/mol. The highest BCUT2D eigenvalue weighted by atomic mass is 16.5. The molecule has 1 aromatic carbocycles. The normalized spacial score (nSPS) is 11.5. The molecule has 0 aromatic heterocycles. The Morgan fingerprint density at radius 2 is 2.09 bits per heavy atom. The van der Waals surface area contributed by atoms with Crippen LogP contribution >= 0.6 is 0 Å². The number of benzene rings is 1. The smallest absolute Gasteiger partial charge is 0.308 e. The predicted octanol–water partition coefficient (Wildman–Crippen LogP) is 1.72. The molecule has 0 fully saturated rings. The van der Waals surface area contributed by atoms with Crippen molar-refractivity contribution in [1.29, 1.82) is 0 Å². The van der Waals surface area contributed by atoms with Crippen LogP contribution in [-0.4, -0.2) is 45.3 Å². The molecule has 0 aliphatic rings. The Labute approximate surface area is 130 Å². The van der Waals surface area contributed by atoms with Gasteiger partial charge in [0.15, 0.2) is 0 Å². The Hall–Kier alpha value is -2.28. The monoisotopic (exact) mass is 309 g/mol. The van der Waals surface area contributed by atoms with E-state index in [0.29, 0.717) is 30.8 Å². The van der Waals surface area contributed by atoms with Crippen molar-refractivity contribution >= 4 is 29.4 Å². The molecule has 0 heterocycles. The van der Waals surface area contributed by atoms with Gasteiger partial charge in [0, 0.05) is 20.6 Å². The summed E-state index contributed by atoms with van der Waals surface area (Å²) in [6, 6.07) is 5.18. The number of hydrogen-bond donors (Lipinski definition) is 2. The molecule has 1 atom stereocenters. The Balaban J connectivity index is 2.98. The van der Waals surface area contributed by atoms with Gasteiger partial charge in [-0.3, -0.25) is 20.3 Å². The molecule has 1 unspecified atom stereocenters. The van der Waals surface area contributed by atoms with E-state index in [2.05, 4.69) is 10.2 Å². The third-order valence-electron chi connectivity index (χ3n) is 3.43. The fourth-order valence-electron chi connectivity index (χ4n) is 2.08. The second-order valence-electron chi connectivity index (χ2n) is 5.22. The number of hydrogen-bond acceptors (Lipinski definition) is 6. The number of nitrogens with one attached hydrogen (secondary N) is 1. The molecule has 0 spiro atoms. The maximum Gasteiger partial charge on any atom is 0.308 e. The number of esters is 1. The quantitative estimate of drug-likeness (QED) is 0.432. The minimum absolute atomic E-state index is 0.297. The molecular weight excluding hydrogens is 286 g/mol. The molecule has 122 valence electrons. The molecule has 1 amide bonds. The van der Waals surface area contributed by atoms with Gasteiger partial charge in [0.25, 0.3) is 0 Å². The topological polar surface area (TPSA) is 82.1 Å². The van der Waals surface area contributed by atoms with Crippen molar-refractivity contribution in [3.63, 3.8) is 0 Å². The molecule has 0 saturated heterocycles. The highest BCUT2D eigenvalue weighted by Gasteiger charge is 2.18. The zero-order valence-electron chi connectivity index (χ0n) is 13.4. The molecule has 0 aliphatic heterocycles. The number of rotatable bonds is 8. The van der Waals surface area contributed by atoms with Crippen LogP contribution in [0.25, 0.3) is 0 Å². The van der Waals surface area contributed by atoms with Gasteiger partial charge in [0.05, 0.1) is 30.1 Å². The fraction of sp³-hybridized carbons (Fsp3) is 0.467. The van der Waals surface area contributed by atoms with E-state index in [-0.39, 0.29) is 11.9 Å². The number of nitrogens with zero attached hydrogens (tertiary/aromatic N) is 2. The lowest BCUT2D eigenvalue weighted by Crippen LogP contribution is -2.28. The minimum Gasteiger partial charge on any atom is -0.469 e. The predicted molar refractivity (Wildman–Crippen MR) is 85.4 cm³/mol. The van der Waals surface area contributed by atoms with E-state index in [0.717, 1.165) is 5.69 Å². The lowest BCUT2D eigenvalue weighted by atomic mass is 10.1. The highest BCUT2D eigenvalue weighted by Crippen LogP contribution is 2.31. The van der Waals surface area contributed by atoms with E-state index in [1.807, 2.05) is 19.0 Å². The van der Waals surface area contributed by atoms with Crippen LogP contribution < -0.4 is 15.3 Å². The summed E-state index contributed by atoms with van der Waals surface area (Å²) in [5, 5.41) is 9.04. The Morgan fingerprint density at radius 3 is 2.59 bits per heavy atom. The number of amides is 1. The summed E-state index contributed by atoms with van der Waals surface area (Å²) in [5.41, 5.74) is 4.03. The number of ether oxygens (including phenoxy) is 1. The van der Waals surface area contributed by atoms with Gasteiger partial charge >= 0.3 is 5.97 Å². The lowest BCUT2D eigenvalue weighted by Gasteiger charge is -2.25. The maximum absolute atomic E-state index is 11.4. The van der Waals surface area contributed by atoms with E-state index in [4.69, 9.17) is 5.21 Å². The van der Waals surface area contributed by atoms with Gasteiger partial charge in [-0.05, 0) is 24.6 Å². The number of carbonyl (C=O) groups excluding carboxylic acids is 2. The molecule has 1 rings (SSSR count). The molecular formula is C15H23N3O4. The molecule has 7 nitrogen and oxygen atoms in total. The van der Waals surface area contributed by atoms with Crippen molar-refractivity contribution in [3.05, 3.63) is 18.2 Å². The van der Waals surface area contributed by atoms with Crippen molar-refractivity contribution in [1.82, 2.24) is 0 Å². The molecule has 2 N–H and O–H groups in total. The Morgan fingerprint density at radius 1 is 1.41 bits per heavy atom.